The summed E-state index contributed by atoms with van der Waals surface area (Å²) in [5.41, 5.74) is 5.57. The number of imidazole rings is 1. The Balaban J connectivity index is 1.95. The highest BCUT2D eigenvalue weighted by molar-refractivity contribution is 5.83. The van der Waals surface area contributed by atoms with Gasteiger partial charge in [0.25, 0.3) is 0 Å². The minimum absolute atomic E-state index is 0.201. The third-order valence-corrected chi connectivity index (χ3v) is 4.57. The number of fused-ring (bicyclic) bond motifs is 1. The van der Waals surface area contributed by atoms with Gasteiger partial charge in [-0.25, -0.2) is 4.98 Å². The second kappa shape index (κ2) is 6.52. The van der Waals surface area contributed by atoms with E-state index in [0.29, 0.717) is 11.3 Å². The summed E-state index contributed by atoms with van der Waals surface area (Å²) in [7, 11) is 0. The summed E-state index contributed by atoms with van der Waals surface area (Å²) in [6.45, 7) is 4.23. The Morgan fingerprint density at radius 1 is 1.12 bits per heavy atom. The summed E-state index contributed by atoms with van der Waals surface area (Å²) in [4.78, 5) is 8.87. The standard InChI is InChI=1S/C21H20N4O/c1-3-15-8-6-7-14(2)19(15)24-21-20(16-9-4-5-10-17(16)26)23-18-13-22-11-12-25(18)21/h4-13,24,26H,3H2,1-2H3. The van der Waals surface area contributed by atoms with Gasteiger partial charge in [-0.1, -0.05) is 37.3 Å². The highest BCUT2D eigenvalue weighted by atomic mass is 16.3. The van der Waals surface area contributed by atoms with Crippen molar-refractivity contribution in [3.63, 3.8) is 0 Å². The molecule has 4 rings (SSSR count). The average molecular weight is 344 g/mol. The molecule has 0 radical (unpaired) electrons. The Kier molecular flexibility index (Phi) is 4.05. The number of aromatic nitrogens is 3. The molecule has 0 aliphatic rings. The first-order valence-electron chi connectivity index (χ1n) is 8.65. The van der Waals surface area contributed by atoms with Crippen molar-refractivity contribution in [3.8, 4) is 17.0 Å². The van der Waals surface area contributed by atoms with Crippen molar-refractivity contribution in [3.05, 3.63) is 72.2 Å². The molecule has 0 saturated heterocycles. The van der Waals surface area contributed by atoms with Crippen LogP contribution in [0.1, 0.15) is 18.1 Å². The van der Waals surface area contributed by atoms with Crippen LogP contribution in [0.5, 0.6) is 5.75 Å². The van der Waals surface area contributed by atoms with Crippen molar-refractivity contribution in [2.75, 3.05) is 5.32 Å². The van der Waals surface area contributed by atoms with Crippen molar-refractivity contribution < 1.29 is 5.11 Å². The molecule has 0 aliphatic heterocycles. The second-order valence-electron chi connectivity index (χ2n) is 6.22. The maximum Gasteiger partial charge on any atom is 0.157 e. The number of phenols is 1. The summed E-state index contributed by atoms with van der Waals surface area (Å²) >= 11 is 0. The number of hydrogen-bond donors (Lipinski definition) is 2. The first kappa shape index (κ1) is 16.1. The van der Waals surface area contributed by atoms with Crippen LogP contribution in [-0.2, 0) is 6.42 Å². The van der Waals surface area contributed by atoms with Crippen LogP contribution in [0.25, 0.3) is 16.9 Å². The zero-order valence-corrected chi connectivity index (χ0v) is 14.8. The van der Waals surface area contributed by atoms with Gasteiger partial charge in [-0.3, -0.25) is 9.38 Å². The van der Waals surface area contributed by atoms with Crippen LogP contribution in [0.2, 0.25) is 0 Å². The predicted octanol–water partition coefficient (Wildman–Crippen LogP) is 4.72. The molecule has 2 aromatic carbocycles. The molecule has 2 N–H and O–H groups in total. The number of nitrogens with one attached hydrogen (secondary N) is 1. The fourth-order valence-corrected chi connectivity index (χ4v) is 3.21. The lowest BCUT2D eigenvalue weighted by atomic mass is 10.1. The number of aromatic hydroxyl groups is 1. The van der Waals surface area contributed by atoms with Gasteiger partial charge in [-0.2, -0.15) is 0 Å². The molecule has 0 fully saturated rings. The van der Waals surface area contributed by atoms with Gasteiger partial charge in [0.2, 0.25) is 0 Å². The smallest absolute Gasteiger partial charge is 0.157 e. The summed E-state index contributed by atoms with van der Waals surface area (Å²) < 4.78 is 1.96. The number of para-hydroxylation sites is 2. The van der Waals surface area contributed by atoms with Gasteiger partial charge in [0.1, 0.15) is 17.3 Å². The summed E-state index contributed by atoms with van der Waals surface area (Å²) in [6, 6.07) is 13.5. The summed E-state index contributed by atoms with van der Waals surface area (Å²) in [6.07, 6.45) is 6.24. The van der Waals surface area contributed by atoms with E-state index in [1.165, 1.54) is 5.56 Å². The van der Waals surface area contributed by atoms with E-state index >= 15 is 0 Å². The monoisotopic (exact) mass is 344 g/mol. The molecule has 26 heavy (non-hydrogen) atoms. The molecule has 2 aromatic heterocycles. The zero-order valence-electron chi connectivity index (χ0n) is 14.8. The Morgan fingerprint density at radius 2 is 1.96 bits per heavy atom. The predicted molar refractivity (Wildman–Crippen MR) is 104 cm³/mol. The maximum atomic E-state index is 10.3. The highest BCUT2D eigenvalue weighted by Crippen LogP contribution is 2.36. The number of aryl methyl sites for hydroxylation is 2. The van der Waals surface area contributed by atoms with Crippen LogP contribution in [0.15, 0.2) is 61.1 Å². The van der Waals surface area contributed by atoms with E-state index in [4.69, 9.17) is 4.98 Å². The van der Waals surface area contributed by atoms with E-state index in [0.717, 1.165) is 29.1 Å². The minimum Gasteiger partial charge on any atom is -0.507 e. The molecule has 0 saturated carbocycles. The Labute approximate surface area is 152 Å². The van der Waals surface area contributed by atoms with Gasteiger partial charge < -0.3 is 10.4 Å². The van der Waals surface area contributed by atoms with Crippen molar-refractivity contribution in [1.29, 1.82) is 0 Å². The van der Waals surface area contributed by atoms with Crippen molar-refractivity contribution in [1.82, 2.24) is 14.4 Å². The van der Waals surface area contributed by atoms with E-state index < -0.39 is 0 Å². The molecule has 0 amide bonds. The molecule has 0 unspecified atom stereocenters. The number of anilines is 2. The van der Waals surface area contributed by atoms with E-state index in [1.807, 2.05) is 22.7 Å². The fraction of sp³-hybridized carbons (Fsp3) is 0.143. The van der Waals surface area contributed by atoms with Crippen molar-refractivity contribution in [2.24, 2.45) is 0 Å². The third kappa shape index (κ3) is 2.67. The van der Waals surface area contributed by atoms with Crippen LogP contribution < -0.4 is 5.32 Å². The maximum absolute atomic E-state index is 10.3. The molecule has 0 bridgehead atoms. The molecule has 5 nitrogen and oxygen atoms in total. The lowest BCUT2D eigenvalue weighted by Crippen LogP contribution is -2.02. The first-order chi connectivity index (χ1) is 12.7. The molecule has 5 heteroatoms. The largest absolute Gasteiger partial charge is 0.507 e. The molecule has 2 heterocycles. The number of rotatable bonds is 4. The van der Waals surface area contributed by atoms with Crippen LogP contribution in [0.4, 0.5) is 11.5 Å². The third-order valence-electron chi connectivity index (χ3n) is 4.57. The topological polar surface area (TPSA) is 62.5 Å². The van der Waals surface area contributed by atoms with Gasteiger partial charge in [0.15, 0.2) is 5.65 Å². The number of benzene rings is 2. The Morgan fingerprint density at radius 3 is 2.77 bits per heavy atom. The fourth-order valence-electron chi connectivity index (χ4n) is 3.21. The summed E-state index contributed by atoms with van der Waals surface area (Å²) in [5.74, 6) is 1.01. The van der Waals surface area contributed by atoms with Crippen molar-refractivity contribution >= 4 is 17.2 Å². The molecule has 4 aromatic rings. The number of nitrogens with zero attached hydrogens (tertiary/aromatic N) is 3. The van der Waals surface area contributed by atoms with Crippen LogP contribution in [0.3, 0.4) is 0 Å². The highest BCUT2D eigenvalue weighted by Gasteiger charge is 2.18. The molecule has 0 aliphatic carbocycles. The lowest BCUT2D eigenvalue weighted by molar-refractivity contribution is 0.477. The quantitative estimate of drug-likeness (QED) is 0.562. The van der Waals surface area contributed by atoms with E-state index in [9.17, 15) is 5.11 Å². The van der Waals surface area contributed by atoms with Crippen LogP contribution >= 0.6 is 0 Å². The molecular formula is C21H20N4O. The average Bonchev–Trinajstić information content (AvgIpc) is 3.02. The van der Waals surface area contributed by atoms with Gasteiger partial charge in [-0.15, -0.1) is 0 Å². The second-order valence-corrected chi connectivity index (χ2v) is 6.22. The SMILES string of the molecule is CCc1cccc(C)c1Nc1c(-c2ccccc2O)nc2cnccn12. The zero-order chi connectivity index (χ0) is 18.1. The summed E-state index contributed by atoms with van der Waals surface area (Å²) in [5, 5.41) is 13.9. The van der Waals surface area contributed by atoms with Crippen molar-refractivity contribution in [2.45, 2.75) is 20.3 Å². The van der Waals surface area contributed by atoms with E-state index in [2.05, 4.69) is 42.3 Å². The molecule has 0 atom stereocenters. The van der Waals surface area contributed by atoms with E-state index in [1.54, 1.807) is 24.5 Å². The Bertz CT molecular complexity index is 1080. The normalized spacial score (nSPS) is 11.0. The van der Waals surface area contributed by atoms with Gasteiger partial charge in [0, 0.05) is 23.6 Å². The van der Waals surface area contributed by atoms with Gasteiger partial charge in [-0.05, 0) is 36.6 Å². The van der Waals surface area contributed by atoms with Crippen LogP contribution in [-0.4, -0.2) is 19.5 Å². The molecule has 0 spiro atoms. The van der Waals surface area contributed by atoms with Gasteiger partial charge in [0.05, 0.1) is 6.20 Å². The van der Waals surface area contributed by atoms with E-state index in [-0.39, 0.29) is 5.75 Å². The van der Waals surface area contributed by atoms with Crippen LogP contribution in [0, 0.1) is 6.92 Å². The lowest BCUT2D eigenvalue weighted by Gasteiger charge is -2.15. The number of hydrogen-bond acceptors (Lipinski definition) is 4. The minimum atomic E-state index is 0.201. The molecule has 130 valence electrons. The number of phenolic OH excluding ortho intramolecular Hbond substituents is 1. The molecular weight excluding hydrogens is 324 g/mol. The Hall–Kier alpha value is -3.34. The first-order valence-corrected chi connectivity index (χ1v) is 8.65. The van der Waals surface area contributed by atoms with Gasteiger partial charge >= 0.3 is 0 Å².